The molecule has 2 aromatic rings. The molecule has 0 radical (unpaired) electrons. The van der Waals surface area contributed by atoms with Gasteiger partial charge in [-0.3, -0.25) is 14.9 Å². The highest BCUT2D eigenvalue weighted by Crippen LogP contribution is 2.17. The minimum absolute atomic E-state index is 0.0462. The molecule has 0 saturated carbocycles. The van der Waals surface area contributed by atoms with Crippen LogP contribution in [0.15, 0.2) is 29.1 Å². The van der Waals surface area contributed by atoms with Crippen LogP contribution < -0.4 is 5.56 Å². The molecule has 9 heteroatoms. The molecule has 0 spiro atoms. The number of aromatic amines is 1. The van der Waals surface area contributed by atoms with Gasteiger partial charge in [-0.2, -0.15) is 4.98 Å². The average Bonchev–Trinajstić information content (AvgIpc) is 2.51. The minimum Gasteiger partial charge on any atom is -0.488 e. The molecule has 0 aliphatic carbocycles. The lowest BCUT2D eigenvalue weighted by atomic mass is 10.1. The summed E-state index contributed by atoms with van der Waals surface area (Å²) < 4.78 is 4.57. The SMILES string of the molecule is COC(=O)c1ccc(/C=C/c2nc(O)c([N+](=O)[O-])c(=O)[nH]2)cc1. The first kappa shape index (κ1) is 15.9. The number of aromatic hydroxyl groups is 1. The maximum absolute atomic E-state index is 11.5. The summed E-state index contributed by atoms with van der Waals surface area (Å²) in [6.07, 6.45) is 2.91. The summed E-state index contributed by atoms with van der Waals surface area (Å²) in [6, 6.07) is 6.36. The van der Waals surface area contributed by atoms with Crippen LogP contribution in [0, 0.1) is 10.1 Å². The maximum Gasteiger partial charge on any atom is 0.395 e. The summed E-state index contributed by atoms with van der Waals surface area (Å²) in [5.41, 5.74) is -1.00. The van der Waals surface area contributed by atoms with Gasteiger partial charge in [0, 0.05) is 0 Å². The Morgan fingerprint density at radius 1 is 1.35 bits per heavy atom. The van der Waals surface area contributed by atoms with Crippen LogP contribution in [0.2, 0.25) is 0 Å². The topological polar surface area (TPSA) is 135 Å². The number of carbonyl (C=O) groups excluding carboxylic acids is 1. The quantitative estimate of drug-likeness (QED) is 0.493. The van der Waals surface area contributed by atoms with Gasteiger partial charge >= 0.3 is 17.2 Å². The van der Waals surface area contributed by atoms with Gasteiger partial charge in [-0.1, -0.05) is 18.2 Å². The fraction of sp³-hybridized carbons (Fsp3) is 0.0714. The molecule has 0 amide bonds. The highest BCUT2D eigenvalue weighted by molar-refractivity contribution is 5.89. The molecule has 0 aliphatic rings. The molecule has 9 nitrogen and oxygen atoms in total. The molecule has 23 heavy (non-hydrogen) atoms. The van der Waals surface area contributed by atoms with E-state index in [1.165, 1.54) is 13.2 Å². The number of aromatic nitrogens is 2. The number of benzene rings is 1. The molecular weight excluding hydrogens is 306 g/mol. The van der Waals surface area contributed by atoms with Crippen molar-refractivity contribution in [3.05, 3.63) is 61.7 Å². The van der Waals surface area contributed by atoms with Crippen molar-refractivity contribution in [3.63, 3.8) is 0 Å². The molecule has 1 heterocycles. The molecule has 2 rings (SSSR count). The lowest BCUT2D eigenvalue weighted by Gasteiger charge is -1.99. The van der Waals surface area contributed by atoms with Gasteiger partial charge in [0.05, 0.1) is 17.6 Å². The fourth-order valence-electron chi connectivity index (χ4n) is 1.74. The molecule has 2 N–H and O–H groups in total. The van der Waals surface area contributed by atoms with Crippen molar-refractivity contribution >= 4 is 23.8 Å². The van der Waals surface area contributed by atoms with E-state index in [0.29, 0.717) is 11.1 Å². The average molecular weight is 317 g/mol. The van der Waals surface area contributed by atoms with Gasteiger partial charge in [-0.05, 0) is 23.8 Å². The number of esters is 1. The van der Waals surface area contributed by atoms with E-state index in [0.717, 1.165) is 0 Å². The number of rotatable bonds is 4. The van der Waals surface area contributed by atoms with Crippen molar-refractivity contribution in [1.29, 1.82) is 0 Å². The second kappa shape index (κ2) is 6.52. The number of nitrogens with one attached hydrogen (secondary N) is 1. The fourth-order valence-corrected chi connectivity index (χ4v) is 1.74. The van der Waals surface area contributed by atoms with Gasteiger partial charge < -0.3 is 14.8 Å². The molecule has 0 fully saturated rings. The summed E-state index contributed by atoms with van der Waals surface area (Å²) in [5.74, 6) is -1.47. The Morgan fingerprint density at radius 2 is 2.00 bits per heavy atom. The van der Waals surface area contributed by atoms with E-state index in [1.807, 2.05) is 0 Å². The van der Waals surface area contributed by atoms with Gasteiger partial charge in [0.25, 0.3) is 5.88 Å². The third-order valence-electron chi connectivity index (χ3n) is 2.84. The largest absolute Gasteiger partial charge is 0.488 e. The van der Waals surface area contributed by atoms with Crippen molar-refractivity contribution in [2.45, 2.75) is 0 Å². The molecule has 0 unspecified atom stereocenters. The van der Waals surface area contributed by atoms with Crippen LogP contribution in [0.1, 0.15) is 21.7 Å². The van der Waals surface area contributed by atoms with Crippen LogP contribution in [0.3, 0.4) is 0 Å². The lowest BCUT2D eigenvalue weighted by molar-refractivity contribution is -0.387. The number of ether oxygens (including phenoxy) is 1. The van der Waals surface area contributed by atoms with Crippen molar-refractivity contribution in [3.8, 4) is 5.88 Å². The van der Waals surface area contributed by atoms with Gasteiger partial charge in [-0.15, -0.1) is 0 Å². The Bertz CT molecular complexity index is 839. The zero-order valence-corrected chi connectivity index (χ0v) is 11.8. The van der Waals surface area contributed by atoms with E-state index in [1.54, 1.807) is 30.3 Å². The smallest absolute Gasteiger partial charge is 0.395 e. The first-order chi connectivity index (χ1) is 10.9. The van der Waals surface area contributed by atoms with Crippen LogP contribution in [0.5, 0.6) is 5.88 Å². The Morgan fingerprint density at radius 3 is 2.52 bits per heavy atom. The number of H-pyrrole nitrogens is 1. The summed E-state index contributed by atoms with van der Waals surface area (Å²) in [7, 11) is 1.28. The Labute approximate surface area is 129 Å². The van der Waals surface area contributed by atoms with E-state index < -0.39 is 28.0 Å². The van der Waals surface area contributed by atoms with Crippen molar-refractivity contribution in [1.82, 2.24) is 9.97 Å². The van der Waals surface area contributed by atoms with Crippen molar-refractivity contribution in [2.24, 2.45) is 0 Å². The van der Waals surface area contributed by atoms with Gasteiger partial charge in [-0.25, -0.2) is 4.79 Å². The van der Waals surface area contributed by atoms with E-state index in [9.17, 15) is 24.8 Å². The molecule has 1 aromatic heterocycles. The molecule has 0 saturated heterocycles. The highest BCUT2D eigenvalue weighted by Gasteiger charge is 2.21. The standard InChI is InChI=1S/C14H11N3O6/c1-23-14(20)9-5-2-8(3-6-9)4-7-10-15-12(18)11(17(21)22)13(19)16-10/h2-7H,1H3,(H2,15,16,18,19)/b7-4+. The molecule has 118 valence electrons. The zero-order chi connectivity index (χ0) is 17.0. The van der Waals surface area contributed by atoms with Gasteiger partial charge in [0.15, 0.2) is 0 Å². The number of carbonyl (C=O) groups is 1. The molecule has 1 aromatic carbocycles. The Kier molecular flexibility index (Phi) is 4.50. The van der Waals surface area contributed by atoms with Crippen molar-refractivity contribution < 1.29 is 19.6 Å². The number of hydrogen-bond donors (Lipinski definition) is 2. The van der Waals surface area contributed by atoms with Crippen molar-refractivity contribution in [2.75, 3.05) is 7.11 Å². The van der Waals surface area contributed by atoms with Gasteiger partial charge in [0.2, 0.25) is 0 Å². The van der Waals surface area contributed by atoms with Crippen LogP contribution in [0.25, 0.3) is 12.2 Å². The predicted octanol–water partition coefficient (Wildman–Crippen LogP) is 1.34. The molecule has 0 aliphatic heterocycles. The summed E-state index contributed by atoms with van der Waals surface area (Å²) in [4.78, 5) is 38.0. The monoisotopic (exact) mass is 317 g/mol. The van der Waals surface area contributed by atoms with E-state index in [-0.39, 0.29) is 5.82 Å². The van der Waals surface area contributed by atoms with E-state index >= 15 is 0 Å². The first-order valence-corrected chi connectivity index (χ1v) is 6.26. The second-order valence-electron chi connectivity index (χ2n) is 4.33. The van der Waals surface area contributed by atoms with Gasteiger partial charge in [0.1, 0.15) is 5.82 Å². The summed E-state index contributed by atoms with van der Waals surface area (Å²) >= 11 is 0. The number of hydrogen-bond acceptors (Lipinski definition) is 7. The van der Waals surface area contributed by atoms with Crippen LogP contribution in [0.4, 0.5) is 5.69 Å². The van der Waals surface area contributed by atoms with E-state index in [2.05, 4.69) is 14.7 Å². The Hall–Kier alpha value is -3.49. The zero-order valence-electron chi connectivity index (χ0n) is 11.8. The Balaban J connectivity index is 2.25. The molecular formula is C14H11N3O6. The third-order valence-corrected chi connectivity index (χ3v) is 2.84. The molecule has 0 bridgehead atoms. The molecule has 0 atom stereocenters. The lowest BCUT2D eigenvalue weighted by Crippen LogP contribution is -2.14. The third kappa shape index (κ3) is 3.59. The second-order valence-corrected chi connectivity index (χ2v) is 4.33. The number of nitrogens with zero attached hydrogens (tertiary/aromatic N) is 2. The normalized spacial score (nSPS) is 10.7. The minimum atomic E-state index is -1.05. The van der Waals surface area contributed by atoms with Crippen LogP contribution in [-0.4, -0.2) is 33.1 Å². The van der Waals surface area contributed by atoms with E-state index in [4.69, 9.17) is 0 Å². The summed E-state index contributed by atoms with van der Waals surface area (Å²) in [6.45, 7) is 0. The summed E-state index contributed by atoms with van der Waals surface area (Å²) in [5, 5.41) is 20.0. The van der Waals surface area contributed by atoms with Crippen LogP contribution in [-0.2, 0) is 4.74 Å². The number of nitro groups is 1. The number of methoxy groups -OCH3 is 1. The highest BCUT2D eigenvalue weighted by atomic mass is 16.6. The predicted molar refractivity (Wildman–Crippen MR) is 79.9 cm³/mol. The van der Waals surface area contributed by atoms with Crippen LogP contribution >= 0.6 is 0 Å². The first-order valence-electron chi connectivity index (χ1n) is 6.26. The maximum atomic E-state index is 11.5.